The van der Waals surface area contributed by atoms with Crippen molar-refractivity contribution in [3.8, 4) is 6.07 Å². The zero-order chi connectivity index (χ0) is 12.1. The van der Waals surface area contributed by atoms with Crippen molar-refractivity contribution >= 4 is 23.5 Å². The molecule has 0 aromatic rings. The Morgan fingerprint density at radius 1 is 1.20 bits per heavy atom. The number of halogens is 3. The highest BCUT2D eigenvalue weighted by molar-refractivity contribution is 6.46. The Morgan fingerprint density at radius 2 is 1.60 bits per heavy atom. The average Bonchev–Trinajstić information content (AvgIpc) is 2.81. The summed E-state index contributed by atoms with van der Waals surface area (Å²) in [6.07, 6.45) is -5.38. The van der Waals surface area contributed by atoms with Crippen LogP contribution in [0.3, 0.4) is 0 Å². The molecule has 1 unspecified atom stereocenters. The SMILES string of the molecule is [B]C(O)(C#N)C([B])([B])C1(C(F)(F)F)CC1. The first-order valence-corrected chi connectivity index (χ1v) is 4.09. The summed E-state index contributed by atoms with van der Waals surface area (Å²) < 4.78 is 37.9. The summed E-state index contributed by atoms with van der Waals surface area (Å²) in [5.41, 5.74) is -5.39. The molecule has 1 aliphatic rings. The molecule has 0 amide bonds. The molecule has 0 aromatic heterocycles. The Kier molecular flexibility index (Phi) is 2.48. The van der Waals surface area contributed by atoms with Gasteiger partial charge in [-0.25, -0.2) is 0 Å². The van der Waals surface area contributed by atoms with E-state index in [-0.39, 0.29) is 12.8 Å². The zero-order valence-electron chi connectivity index (χ0n) is 7.67. The predicted molar refractivity (Wildman–Crippen MR) is 48.2 cm³/mol. The number of hydrogen-bond donors (Lipinski definition) is 1. The highest BCUT2D eigenvalue weighted by Gasteiger charge is 2.72. The number of aliphatic hydroxyl groups is 1. The van der Waals surface area contributed by atoms with Crippen LogP contribution in [0.5, 0.6) is 0 Å². The number of alkyl halides is 3. The molecule has 74 valence electrons. The molecule has 0 saturated heterocycles. The summed E-state index contributed by atoms with van der Waals surface area (Å²) in [5, 5.41) is 15.0. The quantitative estimate of drug-likeness (QED) is 0.519. The minimum atomic E-state index is -4.69. The van der Waals surface area contributed by atoms with Crippen LogP contribution in [-0.2, 0) is 0 Å². The van der Waals surface area contributed by atoms with Gasteiger partial charge in [0, 0.05) is 0 Å². The first-order chi connectivity index (χ1) is 6.52. The predicted octanol–water partition coefficient (Wildman–Crippen LogP) is 0.163. The molecule has 15 heavy (non-hydrogen) atoms. The van der Waals surface area contributed by atoms with E-state index in [1.807, 2.05) is 0 Å². The summed E-state index contributed by atoms with van der Waals surface area (Å²) >= 11 is 0. The van der Waals surface area contributed by atoms with E-state index in [4.69, 9.17) is 28.8 Å². The van der Waals surface area contributed by atoms with Gasteiger partial charge in [0.2, 0.25) is 0 Å². The number of nitriles is 1. The Bertz CT molecular complexity index is 316. The zero-order valence-corrected chi connectivity index (χ0v) is 7.67. The maximum absolute atomic E-state index is 12.6. The van der Waals surface area contributed by atoms with E-state index >= 15 is 0 Å². The fraction of sp³-hybridized carbons (Fsp3) is 0.857. The van der Waals surface area contributed by atoms with Gasteiger partial charge in [-0.15, -0.1) is 0 Å². The van der Waals surface area contributed by atoms with E-state index < -0.39 is 22.3 Å². The smallest absolute Gasteiger partial charge is 0.386 e. The lowest BCUT2D eigenvalue weighted by atomic mass is 9.35. The van der Waals surface area contributed by atoms with Gasteiger partial charge < -0.3 is 5.11 Å². The van der Waals surface area contributed by atoms with Gasteiger partial charge in [-0.1, -0.05) is 5.21 Å². The minimum Gasteiger partial charge on any atom is -0.386 e. The van der Waals surface area contributed by atoms with Gasteiger partial charge in [0.25, 0.3) is 0 Å². The van der Waals surface area contributed by atoms with Gasteiger partial charge in [0.1, 0.15) is 7.85 Å². The largest absolute Gasteiger partial charge is 0.393 e. The number of hydrogen-bond acceptors (Lipinski definition) is 2. The van der Waals surface area contributed by atoms with Crippen molar-refractivity contribution in [2.75, 3.05) is 0 Å². The molecule has 1 saturated carbocycles. The van der Waals surface area contributed by atoms with E-state index in [0.29, 0.717) is 0 Å². The number of nitrogens with zero attached hydrogens (tertiary/aromatic N) is 1. The van der Waals surface area contributed by atoms with E-state index in [0.717, 1.165) is 6.07 Å². The van der Waals surface area contributed by atoms with E-state index in [9.17, 15) is 18.3 Å². The van der Waals surface area contributed by atoms with Crippen molar-refractivity contribution in [3.63, 3.8) is 0 Å². The molecule has 1 N–H and O–H groups in total. The van der Waals surface area contributed by atoms with Crippen LogP contribution in [0.2, 0.25) is 5.21 Å². The van der Waals surface area contributed by atoms with Gasteiger partial charge in [0.15, 0.2) is 0 Å². The standard InChI is InChI=1S/C7H5B3F3NO/c8-5(15,3-14)6(9,10)4(1-2-4)7(11,12)13/h15H,1-2H2. The topological polar surface area (TPSA) is 44.0 Å². The molecular weight excluding hydrogens is 204 g/mol. The molecular formula is C7H5B3F3NO. The third-order valence-corrected chi connectivity index (χ3v) is 2.89. The minimum absolute atomic E-state index is 0.343. The van der Waals surface area contributed by atoms with Gasteiger partial charge in [0.05, 0.1) is 32.7 Å². The van der Waals surface area contributed by atoms with Crippen molar-refractivity contribution in [3.05, 3.63) is 0 Å². The molecule has 1 fully saturated rings. The monoisotopic (exact) mass is 209 g/mol. The van der Waals surface area contributed by atoms with E-state index in [1.54, 1.807) is 0 Å². The van der Waals surface area contributed by atoms with Crippen LogP contribution in [0.1, 0.15) is 12.8 Å². The normalized spacial score (nSPS) is 23.9. The van der Waals surface area contributed by atoms with E-state index in [1.165, 1.54) is 0 Å². The molecule has 0 spiro atoms. The van der Waals surface area contributed by atoms with Crippen LogP contribution in [0, 0.1) is 16.7 Å². The number of rotatable bonds is 2. The molecule has 8 heteroatoms. The van der Waals surface area contributed by atoms with Gasteiger partial charge in [-0.3, -0.25) is 0 Å². The fourth-order valence-corrected chi connectivity index (χ4v) is 1.51. The Morgan fingerprint density at radius 3 is 1.80 bits per heavy atom. The first kappa shape index (κ1) is 12.5. The van der Waals surface area contributed by atoms with Crippen LogP contribution < -0.4 is 0 Å². The lowest BCUT2D eigenvalue weighted by Crippen LogP contribution is -2.53. The molecule has 0 bridgehead atoms. The van der Waals surface area contributed by atoms with Crippen LogP contribution in [0.15, 0.2) is 0 Å². The summed E-state index contributed by atoms with van der Waals surface area (Å²) in [6, 6.07) is 1.08. The van der Waals surface area contributed by atoms with Gasteiger partial charge in [-0.2, -0.15) is 18.4 Å². The van der Waals surface area contributed by atoms with Crippen LogP contribution >= 0.6 is 0 Å². The van der Waals surface area contributed by atoms with Gasteiger partial charge >= 0.3 is 6.18 Å². The summed E-state index contributed by atoms with van der Waals surface area (Å²) in [7, 11) is 15.3. The third-order valence-electron chi connectivity index (χ3n) is 2.89. The second kappa shape index (κ2) is 2.97. The molecule has 2 nitrogen and oxygen atoms in total. The van der Waals surface area contributed by atoms with Crippen LogP contribution in [0.4, 0.5) is 13.2 Å². The lowest BCUT2D eigenvalue weighted by Gasteiger charge is -2.44. The van der Waals surface area contributed by atoms with Crippen molar-refractivity contribution in [1.29, 1.82) is 5.26 Å². The molecule has 1 atom stereocenters. The summed E-state index contributed by atoms with van der Waals surface area (Å²) in [4.78, 5) is 0. The first-order valence-electron chi connectivity index (χ1n) is 4.09. The average molecular weight is 209 g/mol. The highest BCUT2D eigenvalue weighted by Crippen LogP contribution is 2.70. The Labute approximate surface area is 89.1 Å². The second-order valence-corrected chi connectivity index (χ2v) is 3.83. The maximum atomic E-state index is 12.6. The van der Waals surface area contributed by atoms with Crippen molar-refractivity contribution in [1.82, 2.24) is 0 Å². The third kappa shape index (κ3) is 1.48. The lowest BCUT2D eigenvalue weighted by molar-refractivity contribution is -0.199. The molecule has 0 aromatic carbocycles. The highest BCUT2D eigenvalue weighted by atomic mass is 19.4. The van der Waals surface area contributed by atoms with Gasteiger partial charge in [-0.05, 0) is 12.8 Å². The second-order valence-electron chi connectivity index (χ2n) is 3.83. The van der Waals surface area contributed by atoms with E-state index in [2.05, 4.69) is 0 Å². The van der Waals surface area contributed by atoms with Crippen LogP contribution in [-0.4, -0.2) is 40.3 Å². The molecule has 6 radical (unpaired) electrons. The molecule has 1 aliphatic carbocycles. The summed E-state index contributed by atoms with van der Waals surface area (Å²) in [6.45, 7) is 0. The molecule has 0 aliphatic heterocycles. The summed E-state index contributed by atoms with van der Waals surface area (Å²) in [5.74, 6) is 0. The fourth-order valence-electron chi connectivity index (χ4n) is 1.51. The van der Waals surface area contributed by atoms with Crippen molar-refractivity contribution in [2.45, 2.75) is 29.7 Å². The van der Waals surface area contributed by atoms with Crippen molar-refractivity contribution in [2.24, 2.45) is 5.41 Å². The Balaban J connectivity index is 3.14. The van der Waals surface area contributed by atoms with Crippen molar-refractivity contribution < 1.29 is 18.3 Å². The maximum Gasteiger partial charge on any atom is 0.393 e. The van der Waals surface area contributed by atoms with Crippen LogP contribution in [0.25, 0.3) is 0 Å². The molecule has 0 heterocycles. The molecule has 1 rings (SSSR count). The Hall–Kier alpha value is -0.565.